The monoisotopic (exact) mass is 269 g/mol. The van der Waals surface area contributed by atoms with Gasteiger partial charge in [0, 0.05) is 23.7 Å². The first kappa shape index (κ1) is 15.2. The Morgan fingerprint density at radius 1 is 1.44 bits per heavy atom. The lowest BCUT2D eigenvalue weighted by Crippen LogP contribution is -2.36. The van der Waals surface area contributed by atoms with Gasteiger partial charge in [0.25, 0.3) is 0 Å². The first-order chi connectivity index (χ1) is 8.34. The summed E-state index contributed by atoms with van der Waals surface area (Å²) in [5.41, 5.74) is 1.22. The van der Waals surface area contributed by atoms with Crippen molar-refractivity contribution in [2.75, 3.05) is 23.9 Å². The predicted molar refractivity (Wildman–Crippen MR) is 78.4 cm³/mol. The highest BCUT2D eigenvalue weighted by Crippen LogP contribution is 2.16. The molecule has 0 aliphatic carbocycles. The zero-order chi connectivity index (χ0) is 13.8. The van der Waals surface area contributed by atoms with E-state index in [1.807, 2.05) is 26.2 Å². The molecule has 1 unspecified atom stereocenters. The van der Waals surface area contributed by atoms with Crippen LogP contribution in [0.25, 0.3) is 0 Å². The zero-order valence-corrected chi connectivity index (χ0v) is 12.6. The van der Waals surface area contributed by atoms with Crippen LogP contribution in [0.4, 0.5) is 5.95 Å². The molecule has 0 saturated carbocycles. The summed E-state index contributed by atoms with van der Waals surface area (Å²) in [7, 11) is 0. The van der Waals surface area contributed by atoms with Gasteiger partial charge >= 0.3 is 0 Å². The molecule has 102 valence electrons. The van der Waals surface area contributed by atoms with Crippen LogP contribution in [0.5, 0.6) is 0 Å². The second-order valence-corrected chi connectivity index (χ2v) is 6.06. The van der Waals surface area contributed by atoms with Crippen LogP contribution >= 0.6 is 11.8 Å². The molecule has 2 N–H and O–H groups in total. The van der Waals surface area contributed by atoms with Crippen molar-refractivity contribution < 1.29 is 5.11 Å². The van der Waals surface area contributed by atoms with Crippen LogP contribution in [-0.4, -0.2) is 39.2 Å². The minimum atomic E-state index is -0.746. The molecule has 1 atom stereocenters. The molecule has 0 aliphatic heterocycles. The Morgan fingerprint density at radius 2 is 2.11 bits per heavy atom. The van der Waals surface area contributed by atoms with Gasteiger partial charge in [-0.25, -0.2) is 9.97 Å². The average Bonchev–Trinajstić information content (AvgIpc) is 2.26. The van der Waals surface area contributed by atoms with Gasteiger partial charge in [0.2, 0.25) is 5.95 Å². The number of anilines is 1. The number of hydrogen-bond donors (Lipinski definition) is 2. The third-order valence-electron chi connectivity index (χ3n) is 2.55. The lowest BCUT2D eigenvalue weighted by Gasteiger charge is -2.22. The molecule has 0 bridgehead atoms. The second-order valence-electron chi connectivity index (χ2n) is 5.20. The first-order valence-electron chi connectivity index (χ1n) is 6.15. The van der Waals surface area contributed by atoms with Gasteiger partial charge in [0.15, 0.2) is 0 Å². The minimum absolute atomic E-state index is 0.374. The first-order valence-corrected chi connectivity index (χ1v) is 7.54. The predicted octanol–water partition coefficient (Wildman–Crippen LogP) is 2.43. The molecule has 0 amide bonds. The Morgan fingerprint density at radius 3 is 2.67 bits per heavy atom. The maximum atomic E-state index is 10.1. The molecule has 18 heavy (non-hydrogen) atoms. The van der Waals surface area contributed by atoms with Gasteiger partial charge in [-0.05, 0) is 32.1 Å². The normalized spacial score (nSPS) is 14.6. The number of rotatable bonds is 6. The Labute approximate surface area is 114 Å². The molecule has 0 saturated heterocycles. The van der Waals surface area contributed by atoms with Crippen molar-refractivity contribution >= 4 is 17.7 Å². The molecule has 0 radical (unpaired) electrons. The highest BCUT2D eigenvalue weighted by atomic mass is 32.2. The largest absolute Gasteiger partial charge is 0.387 e. The van der Waals surface area contributed by atoms with Crippen LogP contribution in [0, 0.1) is 6.92 Å². The summed E-state index contributed by atoms with van der Waals surface area (Å²) in [5.74, 6) is 1.65. The molecule has 1 heterocycles. The van der Waals surface area contributed by atoms with Crippen molar-refractivity contribution in [3.63, 3.8) is 0 Å². The molecule has 1 aromatic rings. The van der Waals surface area contributed by atoms with Gasteiger partial charge in [0.1, 0.15) is 0 Å². The van der Waals surface area contributed by atoms with E-state index in [9.17, 15) is 5.11 Å². The molecule has 0 aromatic carbocycles. The van der Waals surface area contributed by atoms with Crippen molar-refractivity contribution in [2.24, 2.45) is 0 Å². The van der Waals surface area contributed by atoms with Gasteiger partial charge < -0.3 is 10.4 Å². The molecule has 0 fully saturated rings. The quantitative estimate of drug-likeness (QED) is 0.830. The van der Waals surface area contributed by atoms with Crippen LogP contribution in [0.2, 0.25) is 0 Å². The number of aliphatic hydroxyl groups is 1. The smallest absolute Gasteiger partial charge is 0.223 e. The Hall–Kier alpha value is -0.810. The average molecular weight is 269 g/mol. The fourth-order valence-electron chi connectivity index (χ4n) is 1.60. The number of nitrogens with one attached hydrogen (secondary N) is 1. The van der Waals surface area contributed by atoms with E-state index in [4.69, 9.17) is 0 Å². The fraction of sp³-hybridized carbons (Fsp3) is 0.692. The number of aryl methyl sites for hydroxylation is 1. The van der Waals surface area contributed by atoms with Crippen molar-refractivity contribution in [3.8, 4) is 0 Å². The molecule has 5 heteroatoms. The number of hydrogen-bond acceptors (Lipinski definition) is 5. The number of thioether (sulfide) groups is 1. The van der Waals surface area contributed by atoms with Gasteiger partial charge in [0.05, 0.1) is 5.60 Å². The van der Waals surface area contributed by atoms with Crippen LogP contribution in [-0.2, 0) is 0 Å². The van der Waals surface area contributed by atoms with E-state index in [0.29, 0.717) is 24.2 Å². The minimum Gasteiger partial charge on any atom is -0.387 e. The van der Waals surface area contributed by atoms with E-state index >= 15 is 0 Å². The maximum Gasteiger partial charge on any atom is 0.223 e. The Bertz CT molecular complexity index is 394. The van der Waals surface area contributed by atoms with E-state index < -0.39 is 5.60 Å². The summed E-state index contributed by atoms with van der Waals surface area (Å²) in [5, 5.41) is 13.2. The highest BCUT2D eigenvalue weighted by Gasteiger charge is 2.19. The summed E-state index contributed by atoms with van der Waals surface area (Å²) >= 11 is 1.62. The van der Waals surface area contributed by atoms with E-state index in [-0.39, 0.29) is 0 Å². The lowest BCUT2D eigenvalue weighted by molar-refractivity contribution is 0.0995. The lowest BCUT2D eigenvalue weighted by atomic mass is 10.1. The summed E-state index contributed by atoms with van der Waals surface area (Å²) in [6.07, 6.45) is 1.98. The van der Waals surface area contributed by atoms with E-state index in [0.717, 1.165) is 11.4 Å². The topological polar surface area (TPSA) is 58.0 Å². The third-order valence-corrected chi connectivity index (χ3v) is 3.46. The van der Waals surface area contributed by atoms with E-state index in [1.54, 1.807) is 11.8 Å². The molecular formula is C13H23N3OS. The van der Waals surface area contributed by atoms with Gasteiger partial charge in [-0.1, -0.05) is 13.8 Å². The molecule has 0 spiro atoms. The summed E-state index contributed by atoms with van der Waals surface area (Å²) < 4.78 is 0. The molecule has 1 rings (SSSR count). The Balaban J connectivity index is 2.73. The zero-order valence-electron chi connectivity index (χ0n) is 11.8. The third kappa shape index (κ3) is 4.82. The van der Waals surface area contributed by atoms with Gasteiger partial charge in [-0.3, -0.25) is 0 Å². The summed E-state index contributed by atoms with van der Waals surface area (Å²) in [4.78, 5) is 8.80. The number of aromatic nitrogens is 2. The van der Waals surface area contributed by atoms with E-state index in [2.05, 4.69) is 29.1 Å². The molecule has 4 nitrogen and oxygen atoms in total. The second kappa shape index (κ2) is 6.38. The van der Waals surface area contributed by atoms with Crippen molar-refractivity contribution in [3.05, 3.63) is 17.5 Å². The maximum absolute atomic E-state index is 10.1. The van der Waals surface area contributed by atoms with E-state index in [1.165, 1.54) is 0 Å². The standard InChI is InChI=1S/C13H23N3OS/c1-9(2)11-6-10(3)15-12(16-11)14-7-13(4,17)8-18-5/h6,9,17H,7-8H2,1-5H3,(H,14,15,16). The van der Waals surface area contributed by atoms with Crippen LogP contribution in [0.3, 0.4) is 0 Å². The van der Waals surface area contributed by atoms with Crippen LogP contribution in [0.15, 0.2) is 6.07 Å². The van der Waals surface area contributed by atoms with Gasteiger partial charge in [-0.15, -0.1) is 0 Å². The molecule has 0 aliphatic rings. The van der Waals surface area contributed by atoms with Crippen LogP contribution < -0.4 is 5.32 Å². The van der Waals surface area contributed by atoms with Gasteiger partial charge in [-0.2, -0.15) is 11.8 Å². The fourth-order valence-corrected chi connectivity index (χ4v) is 2.32. The highest BCUT2D eigenvalue weighted by molar-refractivity contribution is 7.98. The number of nitrogens with zero attached hydrogens (tertiary/aromatic N) is 2. The summed E-state index contributed by atoms with van der Waals surface area (Å²) in [6, 6.07) is 2.00. The SMILES string of the molecule is CSCC(C)(O)CNc1nc(C)cc(C(C)C)n1. The Kier molecular flexibility index (Phi) is 5.41. The molecule has 1 aromatic heterocycles. The molecular weight excluding hydrogens is 246 g/mol. The van der Waals surface area contributed by atoms with Crippen LogP contribution in [0.1, 0.15) is 38.1 Å². The summed E-state index contributed by atoms with van der Waals surface area (Å²) in [6.45, 7) is 8.44. The van der Waals surface area contributed by atoms with Crippen molar-refractivity contribution in [1.82, 2.24) is 9.97 Å². The van der Waals surface area contributed by atoms with Crippen molar-refractivity contribution in [1.29, 1.82) is 0 Å². The van der Waals surface area contributed by atoms with Crippen molar-refractivity contribution in [2.45, 2.75) is 39.2 Å².